The molecule has 3 atom stereocenters. The first-order valence-corrected chi connectivity index (χ1v) is 10.6. The molecule has 6 nitrogen and oxygen atoms in total. The summed E-state index contributed by atoms with van der Waals surface area (Å²) < 4.78 is 5.69. The van der Waals surface area contributed by atoms with Crippen molar-refractivity contribution in [3.8, 4) is 0 Å². The number of carbonyl (C=O) groups is 1. The lowest BCUT2D eigenvalue weighted by atomic mass is 9.80. The summed E-state index contributed by atoms with van der Waals surface area (Å²) in [4.78, 5) is 19.8. The quantitative estimate of drug-likeness (QED) is 0.792. The predicted octanol–water partition coefficient (Wildman–Crippen LogP) is 2.99. The second-order valence-electron chi connectivity index (χ2n) is 8.94. The third kappa shape index (κ3) is 3.50. The van der Waals surface area contributed by atoms with Crippen LogP contribution in [0.25, 0.3) is 0 Å². The maximum atomic E-state index is 12.7. The number of amides is 1. The van der Waals surface area contributed by atoms with E-state index in [-0.39, 0.29) is 23.3 Å². The molecule has 1 amide bonds. The highest BCUT2D eigenvalue weighted by Gasteiger charge is 2.57. The number of hydrogen-bond donors (Lipinski definition) is 1. The van der Waals surface area contributed by atoms with Crippen molar-refractivity contribution in [2.75, 3.05) is 13.1 Å². The van der Waals surface area contributed by atoms with Crippen LogP contribution in [0.1, 0.15) is 43.0 Å². The Hall–Kier alpha value is -2.47. The van der Waals surface area contributed by atoms with Crippen molar-refractivity contribution in [2.45, 2.75) is 50.6 Å². The topological polar surface area (TPSA) is 71.3 Å². The molecule has 1 N–H and O–H groups in total. The Labute approximate surface area is 171 Å². The highest BCUT2D eigenvalue weighted by atomic mass is 16.5. The van der Waals surface area contributed by atoms with E-state index in [9.17, 15) is 4.79 Å². The number of hydrogen-bond acceptors (Lipinski definition) is 5. The van der Waals surface area contributed by atoms with Gasteiger partial charge in [-0.15, -0.1) is 0 Å². The fourth-order valence-electron chi connectivity index (χ4n) is 5.53. The lowest BCUT2D eigenvalue weighted by molar-refractivity contribution is -0.125. The van der Waals surface area contributed by atoms with Gasteiger partial charge in [0, 0.05) is 31.6 Å². The summed E-state index contributed by atoms with van der Waals surface area (Å²) in [5.74, 6) is 2.14. The zero-order chi connectivity index (χ0) is 19.8. The van der Waals surface area contributed by atoms with Gasteiger partial charge in [-0.3, -0.25) is 9.69 Å². The molecule has 3 aliphatic rings. The van der Waals surface area contributed by atoms with Gasteiger partial charge < -0.3 is 9.84 Å². The van der Waals surface area contributed by atoms with Gasteiger partial charge in [-0.1, -0.05) is 47.6 Å². The molecular formula is C23H28N4O2. The van der Waals surface area contributed by atoms with Gasteiger partial charge in [0.05, 0.1) is 5.41 Å². The molecule has 0 radical (unpaired) electrons. The van der Waals surface area contributed by atoms with E-state index in [1.54, 1.807) is 0 Å². The highest BCUT2D eigenvalue weighted by molar-refractivity contribution is 5.79. The molecule has 2 aliphatic carbocycles. The van der Waals surface area contributed by atoms with Crippen LogP contribution in [0.2, 0.25) is 0 Å². The molecule has 6 heteroatoms. The molecule has 5 rings (SSSR count). The molecule has 2 fully saturated rings. The summed E-state index contributed by atoms with van der Waals surface area (Å²) in [7, 11) is 0. The maximum Gasteiger partial charge on any atom is 0.234 e. The fraction of sp³-hybridized carbons (Fsp3) is 0.522. The van der Waals surface area contributed by atoms with Crippen LogP contribution >= 0.6 is 0 Å². The molecular weight excluding hydrogens is 364 g/mol. The van der Waals surface area contributed by atoms with Crippen molar-refractivity contribution in [1.82, 2.24) is 20.4 Å². The van der Waals surface area contributed by atoms with E-state index in [0.717, 1.165) is 51.2 Å². The molecule has 0 spiro atoms. The van der Waals surface area contributed by atoms with Crippen molar-refractivity contribution in [3.05, 3.63) is 59.8 Å². The van der Waals surface area contributed by atoms with Gasteiger partial charge in [-0.05, 0) is 44.1 Å². The summed E-state index contributed by atoms with van der Waals surface area (Å²) in [6.07, 6.45) is 7.78. The van der Waals surface area contributed by atoms with Crippen LogP contribution in [-0.4, -0.2) is 40.1 Å². The number of benzene rings is 1. The third-order valence-electron chi connectivity index (χ3n) is 6.87. The maximum absolute atomic E-state index is 12.7. The molecule has 1 saturated carbocycles. The Bertz CT molecular complexity index is 901. The molecule has 1 aliphatic heterocycles. The van der Waals surface area contributed by atoms with Gasteiger partial charge in [-0.25, -0.2) is 0 Å². The molecule has 3 unspecified atom stereocenters. The van der Waals surface area contributed by atoms with Crippen molar-refractivity contribution in [2.24, 2.45) is 11.8 Å². The van der Waals surface area contributed by atoms with E-state index in [1.165, 1.54) is 5.56 Å². The Kier molecular flexibility index (Phi) is 4.74. The van der Waals surface area contributed by atoms with E-state index in [4.69, 9.17) is 4.52 Å². The average Bonchev–Trinajstić information content (AvgIpc) is 3.46. The van der Waals surface area contributed by atoms with Gasteiger partial charge in [0.2, 0.25) is 11.8 Å². The van der Waals surface area contributed by atoms with Crippen molar-refractivity contribution >= 4 is 5.91 Å². The molecule has 152 valence electrons. The summed E-state index contributed by atoms with van der Waals surface area (Å²) >= 11 is 0. The summed E-state index contributed by atoms with van der Waals surface area (Å²) in [5, 5.41) is 7.40. The lowest BCUT2D eigenvalue weighted by Gasteiger charge is -2.26. The van der Waals surface area contributed by atoms with Crippen LogP contribution in [-0.2, 0) is 16.8 Å². The largest absolute Gasteiger partial charge is 0.353 e. The number of carbonyl (C=O) groups excluding carboxylic acids is 1. The van der Waals surface area contributed by atoms with E-state index < -0.39 is 0 Å². The molecule has 2 aromatic rings. The van der Waals surface area contributed by atoms with Crippen LogP contribution in [0.3, 0.4) is 0 Å². The number of fused-ring (bicyclic) bond motifs is 1. The summed E-state index contributed by atoms with van der Waals surface area (Å²) in [6.45, 7) is 4.69. The molecule has 2 heterocycles. The first-order valence-electron chi connectivity index (χ1n) is 10.6. The average molecular weight is 393 g/mol. The SMILES string of the molecule is Cc1noc(C23CC(NC(=O)C4CC=CC4)CC2CN(Cc2ccccc2)C3)n1. The predicted molar refractivity (Wildman–Crippen MR) is 109 cm³/mol. The number of likely N-dealkylation sites (tertiary alicyclic amines) is 1. The van der Waals surface area contributed by atoms with Gasteiger partial charge in [0.25, 0.3) is 0 Å². The van der Waals surface area contributed by atoms with E-state index in [0.29, 0.717) is 11.7 Å². The van der Waals surface area contributed by atoms with E-state index in [1.807, 2.05) is 6.92 Å². The minimum atomic E-state index is -0.165. The monoisotopic (exact) mass is 392 g/mol. The smallest absolute Gasteiger partial charge is 0.234 e. The summed E-state index contributed by atoms with van der Waals surface area (Å²) in [5.41, 5.74) is 1.16. The standard InChI is InChI=1S/C23H28N4O2/c1-16-24-22(29-26-16)23-12-20(25-21(28)18-9-5-6-10-18)11-19(23)14-27(15-23)13-17-7-3-2-4-8-17/h2-8,18-20H,9-15H2,1H3,(H,25,28). The third-order valence-corrected chi connectivity index (χ3v) is 6.87. The molecule has 1 aromatic heterocycles. The molecule has 1 aromatic carbocycles. The van der Waals surface area contributed by atoms with Crippen LogP contribution in [0.5, 0.6) is 0 Å². The molecule has 1 saturated heterocycles. The first kappa shape index (κ1) is 18.6. The summed E-state index contributed by atoms with van der Waals surface area (Å²) in [6, 6.07) is 10.8. The first-order chi connectivity index (χ1) is 14.1. The van der Waals surface area contributed by atoms with E-state index >= 15 is 0 Å². The number of aromatic nitrogens is 2. The van der Waals surface area contributed by atoms with Crippen molar-refractivity contribution < 1.29 is 9.32 Å². The second-order valence-corrected chi connectivity index (χ2v) is 8.94. The van der Waals surface area contributed by atoms with Gasteiger partial charge in [0.1, 0.15) is 0 Å². The molecule has 0 bridgehead atoms. The zero-order valence-electron chi connectivity index (χ0n) is 16.9. The number of rotatable bonds is 5. The number of allylic oxidation sites excluding steroid dienone is 2. The van der Waals surface area contributed by atoms with Crippen LogP contribution in [0, 0.1) is 18.8 Å². The zero-order valence-corrected chi connectivity index (χ0v) is 16.9. The van der Waals surface area contributed by atoms with Crippen LogP contribution < -0.4 is 5.32 Å². The van der Waals surface area contributed by atoms with Crippen molar-refractivity contribution in [1.29, 1.82) is 0 Å². The van der Waals surface area contributed by atoms with Crippen LogP contribution in [0.4, 0.5) is 0 Å². The van der Waals surface area contributed by atoms with Gasteiger partial charge in [-0.2, -0.15) is 4.98 Å². The Morgan fingerprint density at radius 1 is 1.28 bits per heavy atom. The lowest BCUT2D eigenvalue weighted by Crippen LogP contribution is -2.40. The van der Waals surface area contributed by atoms with Gasteiger partial charge >= 0.3 is 0 Å². The normalized spacial score (nSPS) is 29.4. The van der Waals surface area contributed by atoms with Crippen LogP contribution in [0.15, 0.2) is 47.0 Å². The Balaban J connectivity index is 1.33. The minimum Gasteiger partial charge on any atom is -0.353 e. The van der Waals surface area contributed by atoms with Gasteiger partial charge in [0.15, 0.2) is 5.82 Å². The van der Waals surface area contributed by atoms with Crippen molar-refractivity contribution in [3.63, 3.8) is 0 Å². The molecule has 29 heavy (non-hydrogen) atoms. The number of nitrogens with zero attached hydrogens (tertiary/aromatic N) is 3. The number of aryl methyl sites for hydroxylation is 1. The Morgan fingerprint density at radius 3 is 2.79 bits per heavy atom. The second kappa shape index (κ2) is 7.41. The number of nitrogens with one attached hydrogen (secondary N) is 1. The minimum absolute atomic E-state index is 0.103. The van der Waals surface area contributed by atoms with E-state index in [2.05, 4.69) is 62.8 Å². The Morgan fingerprint density at radius 2 is 2.07 bits per heavy atom. The highest BCUT2D eigenvalue weighted by Crippen LogP contribution is 2.50. The fourth-order valence-corrected chi connectivity index (χ4v) is 5.53.